The highest BCUT2D eigenvalue weighted by Crippen LogP contribution is 2.32. The van der Waals surface area contributed by atoms with E-state index in [0.29, 0.717) is 0 Å². The molecular formula is C11H8BrClFNS. The summed E-state index contributed by atoms with van der Waals surface area (Å²) in [4.78, 5) is 1.00. The summed E-state index contributed by atoms with van der Waals surface area (Å²) < 4.78 is 14.0. The summed E-state index contributed by atoms with van der Waals surface area (Å²) >= 11 is 10.7. The Morgan fingerprint density at radius 1 is 1.38 bits per heavy atom. The van der Waals surface area contributed by atoms with E-state index in [4.69, 9.17) is 17.3 Å². The van der Waals surface area contributed by atoms with E-state index in [1.165, 1.54) is 6.07 Å². The van der Waals surface area contributed by atoms with Gasteiger partial charge in [-0.1, -0.05) is 17.7 Å². The van der Waals surface area contributed by atoms with Crippen molar-refractivity contribution in [2.75, 3.05) is 0 Å². The summed E-state index contributed by atoms with van der Waals surface area (Å²) in [5.41, 5.74) is 6.88. The first kappa shape index (κ1) is 12.0. The van der Waals surface area contributed by atoms with Crippen molar-refractivity contribution < 1.29 is 4.39 Å². The van der Waals surface area contributed by atoms with Crippen molar-refractivity contribution in [1.29, 1.82) is 0 Å². The predicted molar refractivity (Wildman–Crippen MR) is 69.5 cm³/mol. The zero-order valence-corrected chi connectivity index (χ0v) is 11.2. The maximum Gasteiger partial charge on any atom is 0.141 e. The van der Waals surface area contributed by atoms with Crippen LogP contribution in [0.25, 0.3) is 0 Å². The highest BCUT2D eigenvalue weighted by Gasteiger charge is 2.14. The number of thiophene rings is 1. The molecule has 0 fully saturated rings. The van der Waals surface area contributed by atoms with Crippen LogP contribution in [0.4, 0.5) is 4.39 Å². The second-order valence-electron chi connectivity index (χ2n) is 3.28. The Hall–Kier alpha value is -0.420. The molecule has 1 unspecified atom stereocenters. The van der Waals surface area contributed by atoms with Gasteiger partial charge in [-0.05, 0) is 45.1 Å². The third-order valence-corrected chi connectivity index (χ3v) is 4.47. The first-order valence-corrected chi connectivity index (χ1v) is 6.58. The molecule has 0 amide bonds. The number of halogens is 3. The molecule has 1 heterocycles. The van der Waals surface area contributed by atoms with Gasteiger partial charge in [0.15, 0.2) is 0 Å². The van der Waals surface area contributed by atoms with E-state index in [9.17, 15) is 4.39 Å². The van der Waals surface area contributed by atoms with Crippen LogP contribution in [0, 0.1) is 5.82 Å². The predicted octanol–water partition coefficient (Wildman–Crippen LogP) is 4.35. The zero-order chi connectivity index (χ0) is 11.7. The van der Waals surface area contributed by atoms with E-state index in [1.807, 2.05) is 11.4 Å². The second-order valence-corrected chi connectivity index (χ2v) is 5.49. The number of hydrogen-bond acceptors (Lipinski definition) is 2. The quantitative estimate of drug-likeness (QED) is 0.874. The Balaban J connectivity index is 2.38. The molecule has 0 aliphatic heterocycles. The SMILES string of the molecule is NC(c1ccc(F)c(Cl)c1)c1sccc1Br. The molecule has 0 spiro atoms. The van der Waals surface area contributed by atoms with E-state index >= 15 is 0 Å². The Morgan fingerprint density at radius 2 is 2.12 bits per heavy atom. The molecule has 0 aliphatic carbocycles. The van der Waals surface area contributed by atoms with Crippen molar-refractivity contribution in [1.82, 2.24) is 0 Å². The minimum absolute atomic E-state index is 0.0978. The van der Waals surface area contributed by atoms with Crippen molar-refractivity contribution >= 4 is 38.9 Å². The van der Waals surface area contributed by atoms with Crippen LogP contribution in [0.1, 0.15) is 16.5 Å². The summed E-state index contributed by atoms with van der Waals surface area (Å²) in [7, 11) is 0. The van der Waals surface area contributed by atoms with E-state index in [2.05, 4.69) is 15.9 Å². The van der Waals surface area contributed by atoms with Gasteiger partial charge in [-0.15, -0.1) is 11.3 Å². The standard InChI is InChI=1S/C11H8BrClFNS/c12-7-3-4-16-11(7)10(15)6-1-2-9(14)8(13)5-6/h1-5,10H,15H2. The number of benzene rings is 1. The molecule has 0 bridgehead atoms. The van der Waals surface area contributed by atoms with E-state index < -0.39 is 5.82 Å². The summed E-state index contributed by atoms with van der Waals surface area (Å²) in [6, 6.07) is 6.20. The van der Waals surface area contributed by atoms with Gasteiger partial charge in [-0.25, -0.2) is 4.39 Å². The lowest BCUT2D eigenvalue weighted by Gasteiger charge is -2.11. The van der Waals surface area contributed by atoms with Crippen LogP contribution in [0.3, 0.4) is 0 Å². The lowest BCUT2D eigenvalue weighted by molar-refractivity contribution is 0.627. The average molecular weight is 321 g/mol. The minimum Gasteiger partial charge on any atom is -0.320 e. The Kier molecular flexibility index (Phi) is 3.64. The number of rotatable bonds is 2. The van der Waals surface area contributed by atoms with Crippen molar-refractivity contribution in [2.45, 2.75) is 6.04 Å². The maximum atomic E-state index is 13.0. The van der Waals surface area contributed by atoms with Crippen LogP contribution >= 0.6 is 38.9 Å². The van der Waals surface area contributed by atoms with Gasteiger partial charge in [-0.3, -0.25) is 0 Å². The topological polar surface area (TPSA) is 26.0 Å². The second kappa shape index (κ2) is 4.84. The van der Waals surface area contributed by atoms with Crippen LogP contribution in [-0.4, -0.2) is 0 Å². The van der Waals surface area contributed by atoms with Crippen LogP contribution < -0.4 is 5.73 Å². The lowest BCUT2D eigenvalue weighted by Crippen LogP contribution is -2.10. The molecule has 0 saturated heterocycles. The van der Waals surface area contributed by atoms with Crippen molar-refractivity contribution in [3.8, 4) is 0 Å². The largest absolute Gasteiger partial charge is 0.320 e. The van der Waals surface area contributed by atoms with Crippen LogP contribution in [0.2, 0.25) is 5.02 Å². The molecular weight excluding hydrogens is 313 g/mol. The highest BCUT2D eigenvalue weighted by molar-refractivity contribution is 9.10. The van der Waals surface area contributed by atoms with Gasteiger partial charge in [0.1, 0.15) is 5.82 Å². The average Bonchev–Trinajstić information content (AvgIpc) is 2.67. The molecule has 16 heavy (non-hydrogen) atoms. The maximum absolute atomic E-state index is 13.0. The fourth-order valence-electron chi connectivity index (χ4n) is 1.38. The van der Waals surface area contributed by atoms with E-state index in [-0.39, 0.29) is 11.1 Å². The molecule has 1 aromatic carbocycles. The van der Waals surface area contributed by atoms with Gasteiger partial charge >= 0.3 is 0 Å². The fraction of sp³-hybridized carbons (Fsp3) is 0.0909. The lowest BCUT2D eigenvalue weighted by atomic mass is 10.1. The van der Waals surface area contributed by atoms with Gasteiger partial charge in [-0.2, -0.15) is 0 Å². The van der Waals surface area contributed by atoms with Crippen LogP contribution in [0.15, 0.2) is 34.1 Å². The van der Waals surface area contributed by atoms with Gasteiger partial charge in [0.2, 0.25) is 0 Å². The zero-order valence-electron chi connectivity index (χ0n) is 8.08. The molecule has 2 rings (SSSR count). The smallest absolute Gasteiger partial charge is 0.141 e. The monoisotopic (exact) mass is 319 g/mol. The summed E-state index contributed by atoms with van der Waals surface area (Å²) in [5.74, 6) is -0.428. The molecule has 0 aliphatic rings. The first-order chi connectivity index (χ1) is 7.59. The van der Waals surface area contributed by atoms with E-state index in [0.717, 1.165) is 14.9 Å². The summed E-state index contributed by atoms with van der Waals surface area (Å²) in [5, 5.41) is 2.05. The Morgan fingerprint density at radius 3 is 2.69 bits per heavy atom. The van der Waals surface area contributed by atoms with Gasteiger partial charge < -0.3 is 5.73 Å². The highest BCUT2D eigenvalue weighted by atomic mass is 79.9. The minimum atomic E-state index is -0.428. The third kappa shape index (κ3) is 2.30. The molecule has 84 valence electrons. The molecule has 2 N–H and O–H groups in total. The molecule has 1 aromatic heterocycles. The van der Waals surface area contributed by atoms with Gasteiger partial charge in [0.05, 0.1) is 11.1 Å². The van der Waals surface area contributed by atoms with Crippen LogP contribution in [-0.2, 0) is 0 Å². The molecule has 5 heteroatoms. The van der Waals surface area contributed by atoms with Crippen molar-refractivity contribution in [2.24, 2.45) is 5.73 Å². The summed E-state index contributed by atoms with van der Waals surface area (Å²) in [6.07, 6.45) is 0. The Bertz CT molecular complexity index is 514. The number of nitrogens with two attached hydrogens (primary N) is 1. The third-order valence-electron chi connectivity index (χ3n) is 2.23. The summed E-state index contributed by atoms with van der Waals surface area (Å²) in [6.45, 7) is 0. The van der Waals surface area contributed by atoms with Gasteiger partial charge in [0.25, 0.3) is 0 Å². The normalized spacial score (nSPS) is 12.8. The fourth-order valence-corrected chi connectivity index (χ4v) is 3.22. The van der Waals surface area contributed by atoms with Crippen molar-refractivity contribution in [3.63, 3.8) is 0 Å². The molecule has 1 atom stereocenters. The molecule has 0 radical (unpaired) electrons. The number of hydrogen-bond donors (Lipinski definition) is 1. The van der Waals surface area contributed by atoms with Crippen LogP contribution in [0.5, 0.6) is 0 Å². The molecule has 2 aromatic rings. The molecule has 0 saturated carbocycles. The van der Waals surface area contributed by atoms with E-state index in [1.54, 1.807) is 23.5 Å². The Labute approximate surface area is 110 Å². The molecule has 1 nitrogen and oxygen atoms in total. The van der Waals surface area contributed by atoms with Crippen molar-refractivity contribution in [3.05, 3.63) is 55.4 Å². The van der Waals surface area contributed by atoms with Gasteiger partial charge in [0, 0.05) is 9.35 Å². The first-order valence-electron chi connectivity index (χ1n) is 4.53.